The van der Waals surface area contributed by atoms with Crippen LogP contribution >= 0.6 is 0 Å². The molecule has 3 heteroatoms. The van der Waals surface area contributed by atoms with Gasteiger partial charge in [0.2, 0.25) is 0 Å². The maximum atomic E-state index is 12.0. The van der Waals surface area contributed by atoms with Crippen LogP contribution in [0.4, 0.5) is 0 Å². The number of hydrogen-bond acceptors (Lipinski definition) is 2. The molecule has 1 atom stereocenters. The van der Waals surface area contributed by atoms with E-state index in [0.29, 0.717) is 18.1 Å². The Balaban J connectivity index is 1.61. The van der Waals surface area contributed by atoms with Crippen molar-refractivity contribution in [2.45, 2.75) is 38.1 Å². The van der Waals surface area contributed by atoms with Crippen molar-refractivity contribution in [3.05, 3.63) is 53.3 Å². The number of ketones is 1. The third-order valence-electron chi connectivity index (χ3n) is 4.63. The molecular formula is C18H19NO2. The standard InChI is InChI=1S/C18H19NO2/c20-17-6-3-4-13-10-19(12-16(13)17)11-14-8-9-21-18-7-2-1-5-15(14)18/h1-2,5,7,10,12,14H,3-4,6,8-9,11H2. The highest BCUT2D eigenvalue weighted by molar-refractivity contribution is 5.98. The van der Waals surface area contributed by atoms with Crippen LogP contribution in [-0.2, 0) is 13.0 Å². The molecule has 0 bridgehead atoms. The number of ether oxygens (including phenoxy) is 1. The van der Waals surface area contributed by atoms with Gasteiger partial charge in [0, 0.05) is 36.8 Å². The van der Waals surface area contributed by atoms with E-state index in [0.717, 1.165) is 43.7 Å². The number of carbonyl (C=O) groups is 1. The number of Topliss-reactive ketones (excluding diaryl/α,β-unsaturated/α-hetero) is 1. The number of hydrogen-bond donors (Lipinski definition) is 0. The molecule has 0 spiro atoms. The van der Waals surface area contributed by atoms with Crippen LogP contribution in [0.2, 0.25) is 0 Å². The van der Waals surface area contributed by atoms with Crippen LogP contribution in [-0.4, -0.2) is 17.0 Å². The van der Waals surface area contributed by atoms with E-state index in [9.17, 15) is 4.79 Å². The maximum Gasteiger partial charge on any atom is 0.164 e. The summed E-state index contributed by atoms with van der Waals surface area (Å²) < 4.78 is 7.94. The molecule has 1 aliphatic heterocycles. The lowest BCUT2D eigenvalue weighted by Gasteiger charge is -2.26. The van der Waals surface area contributed by atoms with E-state index in [1.54, 1.807) is 0 Å². The second kappa shape index (κ2) is 5.06. The Hall–Kier alpha value is -2.03. The van der Waals surface area contributed by atoms with E-state index in [2.05, 4.69) is 29.1 Å². The highest BCUT2D eigenvalue weighted by atomic mass is 16.5. The average molecular weight is 281 g/mol. The van der Waals surface area contributed by atoms with Gasteiger partial charge in [0.25, 0.3) is 0 Å². The number of nitrogens with zero attached hydrogens (tertiary/aromatic N) is 1. The lowest BCUT2D eigenvalue weighted by Crippen LogP contribution is -2.18. The zero-order valence-corrected chi connectivity index (χ0v) is 12.0. The summed E-state index contributed by atoms with van der Waals surface area (Å²) in [7, 11) is 0. The van der Waals surface area contributed by atoms with Crippen LogP contribution < -0.4 is 4.74 Å². The summed E-state index contributed by atoms with van der Waals surface area (Å²) >= 11 is 0. The van der Waals surface area contributed by atoms with Crippen LogP contribution in [0.1, 0.15) is 46.7 Å². The van der Waals surface area contributed by atoms with E-state index in [1.165, 1.54) is 11.1 Å². The van der Waals surface area contributed by atoms with Gasteiger partial charge >= 0.3 is 0 Å². The molecule has 4 rings (SSSR count). The van der Waals surface area contributed by atoms with Crippen LogP contribution in [0.5, 0.6) is 5.75 Å². The van der Waals surface area contributed by atoms with Gasteiger partial charge in [-0.05, 0) is 36.5 Å². The first kappa shape index (κ1) is 12.7. The number of fused-ring (bicyclic) bond motifs is 2. The fraction of sp³-hybridized carbons (Fsp3) is 0.389. The Labute approximate surface area is 124 Å². The number of benzene rings is 1. The number of para-hydroxylation sites is 1. The van der Waals surface area contributed by atoms with Gasteiger partial charge in [-0.25, -0.2) is 0 Å². The summed E-state index contributed by atoms with van der Waals surface area (Å²) in [6, 6.07) is 8.30. The van der Waals surface area contributed by atoms with E-state index in [4.69, 9.17) is 4.74 Å². The van der Waals surface area contributed by atoms with Crippen molar-refractivity contribution in [1.29, 1.82) is 0 Å². The van der Waals surface area contributed by atoms with Gasteiger partial charge in [-0.15, -0.1) is 0 Å². The smallest absolute Gasteiger partial charge is 0.164 e. The molecule has 2 aromatic rings. The Morgan fingerprint density at radius 1 is 1.19 bits per heavy atom. The highest BCUT2D eigenvalue weighted by Gasteiger charge is 2.23. The van der Waals surface area contributed by atoms with Gasteiger partial charge in [0.05, 0.1) is 6.61 Å². The van der Waals surface area contributed by atoms with Gasteiger partial charge in [-0.2, -0.15) is 0 Å². The SMILES string of the molecule is O=C1CCCc2cn(CC3CCOc4ccccc43)cc21. The molecule has 0 saturated heterocycles. The van der Waals surface area contributed by atoms with Crippen molar-refractivity contribution < 1.29 is 9.53 Å². The predicted octanol–water partition coefficient (Wildman–Crippen LogP) is 3.57. The Morgan fingerprint density at radius 2 is 2.10 bits per heavy atom. The van der Waals surface area contributed by atoms with Crippen LogP contribution in [0.25, 0.3) is 0 Å². The summed E-state index contributed by atoms with van der Waals surface area (Å²) in [6.07, 6.45) is 8.00. The molecule has 2 aliphatic rings. The highest BCUT2D eigenvalue weighted by Crippen LogP contribution is 2.35. The molecule has 3 nitrogen and oxygen atoms in total. The van der Waals surface area contributed by atoms with Crippen LogP contribution in [0.15, 0.2) is 36.7 Å². The van der Waals surface area contributed by atoms with Crippen molar-refractivity contribution in [3.8, 4) is 5.75 Å². The molecular weight excluding hydrogens is 262 g/mol. The minimum atomic E-state index is 0.308. The van der Waals surface area contributed by atoms with E-state index >= 15 is 0 Å². The summed E-state index contributed by atoms with van der Waals surface area (Å²) in [4.78, 5) is 12.0. The molecule has 0 fully saturated rings. The molecule has 0 amide bonds. The van der Waals surface area contributed by atoms with E-state index < -0.39 is 0 Å². The third-order valence-corrected chi connectivity index (χ3v) is 4.63. The molecule has 1 unspecified atom stereocenters. The molecule has 2 heterocycles. The van der Waals surface area contributed by atoms with Gasteiger partial charge in [0.15, 0.2) is 5.78 Å². The summed E-state index contributed by atoms with van der Waals surface area (Å²) in [5, 5.41) is 0. The van der Waals surface area contributed by atoms with Gasteiger partial charge in [-0.3, -0.25) is 4.79 Å². The minimum absolute atomic E-state index is 0.308. The largest absolute Gasteiger partial charge is 0.493 e. The summed E-state index contributed by atoms with van der Waals surface area (Å²) in [5.41, 5.74) is 3.47. The van der Waals surface area contributed by atoms with Crippen LogP contribution in [0, 0.1) is 0 Å². The Morgan fingerprint density at radius 3 is 3.00 bits per heavy atom. The van der Waals surface area contributed by atoms with Gasteiger partial charge < -0.3 is 9.30 Å². The van der Waals surface area contributed by atoms with Crippen molar-refractivity contribution in [1.82, 2.24) is 4.57 Å². The molecule has 1 aromatic carbocycles. The number of rotatable bonds is 2. The minimum Gasteiger partial charge on any atom is -0.493 e. The Bertz CT molecular complexity index is 686. The lowest BCUT2D eigenvalue weighted by atomic mass is 9.93. The lowest BCUT2D eigenvalue weighted by molar-refractivity contribution is 0.0973. The zero-order valence-electron chi connectivity index (χ0n) is 12.0. The molecule has 0 radical (unpaired) electrons. The number of aryl methyl sites for hydroxylation is 1. The first-order valence-corrected chi connectivity index (χ1v) is 7.75. The van der Waals surface area contributed by atoms with E-state index in [-0.39, 0.29) is 0 Å². The average Bonchev–Trinajstić information content (AvgIpc) is 2.92. The molecule has 0 saturated carbocycles. The first-order valence-electron chi connectivity index (χ1n) is 7.75. The predicted molar refractivity (Wildman–Crippen MR) is 81.0 cm³/mol. The maximum absolute atomic E-state index is 12.0. The molecule has 1 aliphatic carbocycles. The fourth-order valence-electron chi connectivity index (χ4n) is 3.55. The van der Waals surface area contributed by atoms with Crippen molar-refractivity contribution in [2.75, 3.05) is 6.61 Å². The molecule has 0 N–H and O–H groups in total. The van der Waals surface area contributed by atoms with Crippen molar-refractivity contribution in [2.24, 2.45) is 0 Å². The first-order chi connectivity index (χ1) is 10.3. The van der Waals surface area contributed by atoms with Crippen molar-refractivity contribution >= 4 is 5.78 Å². The second-order valence-electron chi connectivity index (χ2n) is 6.04. The van der Waals surface area contributed by atoms with Crippen LogP contribution in [0.3, 0.4) is 0 Å². The van der Waals surface area contributed by atoms with Crippen molar-refractivity contribution in [3.63, 3.8) is 0 Å². The normalized spacial score (nSPS) is 20.6. The van der Waals surface area contributed by atoms with Gasteiger partial charge in [-0.1, -0.05) is 18.2 Å². The monoisotopic (exact) mass is 281 g/mol. The third kappa shape index (κ3) is 2.27. The van der Waals surface area contributed by atoms with Gasteiger partial charge in [0.1, 0.15) is 5.75 Å². The molecule has 108 valence electrons. The number of carbonyl (C=O) groups excluding carboxylic acids is 1. The number of aromatic nitrogens is 1. The zero-order chi connectivity index (χ0) is 14.2. The second-order valence-corrected chi connectivity index (χ2v) is 6.04. The summed E-state index contributed by atoms with van der Waals surface area (Å²) in [5.74, 6) is 1.79. The molecule has 1 aromatic heterocycles. The quantitative estimate of drug-likeness (QED) is 0.842. The van der Waals surface area contributed by atoms with E-state index in [1.807, 2.05) is 12.1 Å². The fourth-order valence-corrected chi connectivity index (χ4v) is 3.55. The Kier molecular flexibility index (Phi) is 3.06. The molecule has 21 heavy (non-hydrogen) atoms. The summed E-state index contributed by atoms with van der Waals surface area (Å²) in [6.45, 7) is 1.71. The topological polar surface area (TPSA) is 31.2 Å².